The monoisotopic (exact) mass is 260 g/mol. The third-order valence-electron chi connectivity index (χ3n) is 4.70. The zero-order valence-electron chi connectivity index (χ0n) is 12.7. The zero-order chi connectivity index (χ0) is 13.9. The predicted octanol–water partition coefficient (Wildman–Crippen LogP) is 4.89. The number of hydrogen-bond acceptors (Lipinski definition) is 1. The number of aryl methyl sites for hydroxylation is 1. The van der Waals surface area contributed by atoms with Gasteiger partial charge in [-0.2, -0.15) is 0 Å². The van der Waals surface area contributed by atoms with E-state index in [2.05, 4.69) is 45.0 Å². The molecule has 1 atom stereocenters. The average molecular weight is 260 g/mol. The van der Waals surface area contributed by atoms with E-state index in [9.17, 15) is 5.11 Å². The second-order valence-corrected chi connectivity index (χ2v) is 6.67. The summed E-state index contributed by atoms with van der Waals surface area (Å²) in [6.45, 7) is 6.71. The van der Waals surface area contributed by atoms with Crippen LogP contribution < -0.4 is 0 Å². The summed E-state index contributed by atoms with van der Waals surface area (Å²) < 4.78 is 0. The minimum atomic E-state index is -0.289. The van der Waals surface area contributed by atoms with Crippen LogP contribution in [0.3, 0.4) is 0 Å². The minimum absolute atomic E-state index is 0.127. The Labute approximate surface area is 118 Å². The highest BCUT2D eigenvalue weighted by atomic mass is 16.3. The Morgan fingerprint density at radius 3 is 2.16 bits per heavy atom. The van der Waals surface area contributed by atoms with Gasteiger partial charge in [0.15, 0.2) is 0 Å². The van der Waals surface area contributed by atoms with Gasteiger partial charge in [-0.05, 0) is 42.7 Å². The van der Waals surface area contributed by atoms with Gasteiger partial charge in [0, 0.05) is 5.41 Å². The predicted molar refractivity (Wildman–Crippen MR) is 81.1 cm³/mol. The van der Waals surface area contributed by atoms with Crippen LogP contribution in [0.4, 0.5) is 0 Å². The third-order valence-corrected chi connectivity index (χ3v) is 4.70. The van der Waals surface area contributed by atoms with Crippen molar-refractivity contribution in [3.63, 3.8) is 0 Å². The fourth-order valence-corrected chi connectivity index (χ4v) is 3.77. The molecule has 2 rings (SSSR count). The summed E-state index contributed by atoms with van der Waals surface area (Å²) in [6, 6.07) is 8.58. The molecule has 0 aliphatic heterocycles. The second kappa shape index (κ2) is 6.09. The van der Waals surface area contributed by atoms with E-state index in [1.54, 1.807) is 0 Å². The highest BCUT2D eigenvalue weighted by Gasteiger charge is 2.41. The lowest BCUT2D eigenvalue weighted by Gasteiger charge is -2.36. The quantitative estimate of drug-likeness (QED) is 0.799. The lowest BCUT2D eigenvalue weighted by molar-refractivity contribution is 0.0112. The molecule has 0 amide bonds. The summed E-state index contributed by atoms with van der Waals surface area (Å²) in [6.07, 6.45) is 6.83. The normalized spacial score (nSPS) is 19.8. The van der Waals surface area contributed by atoms with Crippen LogP contribution in [0.2, 0.25) is 0 Å². The van der Waals surface area contributed by atoms with E-state index in [1.807, 2.05) is 0 Å². The lowest BCUT2D eigenvalue weighted by Crippen LogP contribution is -2.27. The summed E-state index contributed by atoms with van der Waals surface area (Å²) in [5, 5.41) is 10.9. The van der Waals surface area contributed by atoms with Crippen molar-refractivity contribution in [3.8, 4) is 0 Å². The maximum atomic E-state index is 10.9. The number of aliphatic hydroxyl groups is 1. The molecule has 1 aliphatic carbocycles. The van der Waals surface area contributed by atoms with Crippen molar-refractivity contribution in [3.05, 3.63) is 35.4 Å². The van der Waals surface area contributed by atoms with Gasteiger partial charge in [0.1, 0.15) is 0 Å². The van der Waals surface area contributed by atoms with Crippen molar-refractivity contribution < 1.29 is 5.11 Å². The molecule has 0 spiro atoms. The van der Waals surface area contributed by atoms with Gasteiger partial charge >= 0.3 is 0 Å². The van der Waals surface area contributed by atoms with Crippen molar-refractivity contribution >= 4 is 0 Å². The molecule has 0 aromatic heterocycles. The topological polar surface area (TPSA) is 20.2 Å². The van der Waals surface area contributed by atoms with Crippen molar-refractivity contribution in [2.24, 2.45) is 11.3 Å². The van der Waals surface area contributed by atoms with E-state index in [1.165, 1.54) is 31.2 Å². The SMILES string of the molecule is CCc1ccc(C(O)C2(CC(C)C)CCCC2)cc1. The Balaban J connectivity index is 2.20. The van der Waals surface area contributed by atoms with E-state index in [0.29, 0.717) is 5.92 Å². The fourth-order valence-electron chi connectivity index (χ4n) is 3.77. The number of aliphatic hydroxyl groups excluding tert-OH is 1. The van der Waals surface area contributed by atoms with Crippen LogP contribution in [0.15, 0.2) is 24.3 Å². The lowest BCUT2D eigenvalue weighted by atomic mass is 9.72. The van der Waals surface area contributed by atoms with Gasteiger partial charge in [0.2, 0.25) is 0 Å². The number of rotatable bonds is 5. The molecule has 1 saturated carbocycles. The Kier molecular flexibility index (Phi) is 4.67. The minimum Gasteiger partial charge on any atom is -0.388 e. The summed E-state index contributed by atoms with van der Waals surface area (Å²) in [5.74, 6) is 0.655. The van der Waals surface area contributed by atoms with Crippen LogP contribution in [0.25, 0.3) is 0 Å². The molecule has 0 radical (unpaired) electrons. The summed E-state index contributed by atoms with van der Waals surface area (Å²) >= 11 is 0. The molecule has 19 heavy (non-hydrogen) atoms. The first-order valence-electron chi connectivity index (χ1n) is 7.84. The average Bonchev–Trinajstić information content (AvgIpc) is 2.87. The Bertz CT molecular complexity index is 385. The largest absolute Gasteiger partial charge is 0.388 e. The molecular formula is C18H28O. The van der Waals surface area contributed by atoms with E-state index in [4.69, 9.17) is 0 Å². The molecule has 1 aliphatic rings. The van der Waals surface area contributed by atoms with Crippen molar-refractivity contribution in [2.45, 2.75) is 65.4 Å². The van der Waals surface area contributed by atoms with Gasteiger partial charge in [-0.15, -0.1) is 0 Å². The van der Waals surface area contributed by atoms with Gasteiger partial charge in [0.05, 0.1) is 6.10 Å². The molecule has 1 heteroatoms. The maximum absolute atomic E-state index is 10.9. The molecule has 1 N–H and O–H groups in total. The van der Waals surface area contributed by atoms with Crippen LogP contribution in [0.1, 0.15) is 70.1 Å². The van der Waals surface area contributed by atoms with Crippen LogP contribution in [-0.4, -0.2) is 5.11 Å². The number of benzene rings is 1. The molecule has 0 bridgehead atoms. The molecule has 1 unspecified atom stereocenters. The Morgan fingerprint density at radius 1 is 1.11 bits per heavy atom. The number of hydrogen-bond donors (Lipinski definition) is 1. The van der Waals surface area contributed by atoms with E-state index < -0.39 is 0 Å². The van der Waals surface area contributed by atoms with Gasteiger partial charge < -0.3 is 5.11 Å². The smallest absolute Gasteiger partial charge is 0.0846 e. The van der Waals surface area contributed by atoms with E-state index in [-0.39, 0.29) is 11.5 Å². The highest BCUT2D eigenvalue weighted by Crippen LogP contribution is 2.51. The molecular weight excluding hydrogens is 232 g/mol. The van der Waals surface area contributed by atoms with Crippen LogP contribution in [-0.2, 0) is 6.42 Å². The molecule has 0 saturated heterocycles. The third kappa shape index (κ3) is 3.20. The Hall–Kier alpha value is -0.820. The maximum Gasteiger partial charge on any atom is 0.0846 e. The molecule has 1 fully saturated rings. The fraction of sp³-hybridized carbons (Fsp3) is 0.667. The van der Waals surface area contributed by atoms with E-state index >= 15 is 0 Å². The molecule has 0 heterocycles. The van der Waals surface area contributed by atoms with Crippen LogP contribution >= 0.6 is 0 Å². The summed E-state index contributed by atoms with van der Waals surface area (Å²) in [5.41, 5.74) is 2.59. The van der Waals surface area contributed by atoms with Gasteiger partial charge in [-0.1, -0.05) is 57.9 Å². The van der Waals surface area contributed by atoms with Gasteiger partial charge in [0.25, 0.3) is 0 Å². The second-order valence-electron chi connectivity index (χ2n) is 6.67. The van der Waals surface area contributed by atoms with Gasteiger partial charge in [-0.3, -0.25) is 0 Å². The summed E-state index contributed by atoms with van der Waals surface area (Å²) in [7, 11) is 0. The Morgan fingerprint density at radius 2 is 1.68 bits per heavy atom. The van der Waals surface area contributed by atoms with Crippen molar-refractivity contribution in [2.75, 3.05) is 0 Å². The molecule has 1 aromatic carbocycles. The molecule has 106 valence electrons. The van der Waals surface area contributed by atoms with Crippen LogP contribution in [0, 0.1) is 11.3 Å². The standard InChI is InChI=1S/C18H28O/c1-4-15-7-9-16(10-8-15)17(19)18(13-14(2)3)11-5-6-12-18/h7-10,14,17,19H,4-6,11-13H2,1-3H3. The highest BCUT2D eigenvalue weighted by molar-refractivity contribution is 5.25. The summed E-state index contributed by atoms with van der Waals surface area (Å²) in [4.78, 5) is 0. The molecule has 1 aromatic rings. The van der Waals surface area contributed by atoms with E-state index in [0.717, 1.165) is 18.4 Å². The first kappa shape index (κ1) is 14.6. The first-order valence-corrected chi connectivity index (χ1v) is 7.84. The first-order chi connectivity index (χ1) is 9.07. The molecule has 1 nitrogen and oxygen atoms in total. The van der Waals surface area contributed by atoms with Crippen LogP contribution in [0.5, 0.6) is 0 Å². The zero-order valence-corrected chi connectivity index (χ0v) is 12.7. The van der Waals surface area contributed by atoms with Gasteiger partial charge in [-0.25, -0.2) is 0 Å². The van der Waals surface area contributed by atoms with Crippen molar-refractivity contribution in [1.82, 2.24) is 0 Å². The van der Waals surface area contributed by atoms with Crippen molar-refractivity contribution in [1.29, 1.82) is 0 Å².